The van der Waals surface area contributed by atoms with E-state index in [1.165, 1.54) is 30.2 Å². The van der Waals surface area contributed by atoms with E-state index in [-0.39, 0.29) is 70.2 Å². The van der Waals surface area contributed by atoms with Crippen LogP contribution in [0.2, 0.25) is 10.0 Å². The molecule has 0 aromatic heterocycles. The van der Waals surface area contributed by atoms with Gasteiger partial charge in [0.1, 0.15) is 23.0 Å². The highest BCUT2D eigenvalue weighted by atomic mass is 35.5. The number of ketones is 2. The number of hydrogen-bond donors (Lipinski definition) is 10. The van der Waals surface area contributed by atoms with E-state index in [2.05, 4.69) is 105 Å². The molecule has 3 saturated carbocycles. The zero-order chi connectivity index (χ0) is 67.0. The summed E-state index contributed by atoms with van der Waals surface area (Å²) in [5, 5.41) is 47.2. The van der Waals surface area contributed by atoms with Crippen molar-refractivity contribution in [2.45, 2.75) is 109 Å². The quantitative estimate of drug-likeness (QED) is 0.0159. The molecule has 4 aliphatic carbocycles. The van der Waals surface area contributed by atoms with E-state index in [1.807, 2.05) is 19.1 Å². The number of unbranched alkanes of at least 4 members (excludes halogenated alkanes) is 3. The predicted octanol–water partition coefficient (Wildman–Crippen LogP) is 10.1. The van der Waals surface area contributed by atoms with Crippen LogP contribution in [0.3, 0.4) is 0 Å². The fraction of sp³-hybridized carbons (Fsp3) is 0.420. The SMILES string of the molecule is CC(=O)OCC(=O)[C@@]1(O)CC[C@H]2[C@@H]3CCC4=CC(=O)CC[C@]4(C)[C@H]3[C@@H](O)C[C@@]21C.CN(C)CCOC(c1ccccc1)c1ccccc1.NC(=NCCCCCCN=C(N)N=C(N)Nc1ccc(Cl)cc1)N=C(N)Nc1ccc(Cl)cc1.O=C(O)c1ccccc1O. The van der Waals surface area contributed by atoms with Crippen molar-refractivity contribution >= 4 is 81.9 Å². The number of phenols is 1. The first-order valence-electron chi connectivity index (χ1n) is 30.8. The normalized spacial score (nSPS) is 22.7. The Hall–Kier alpha value is -8.18. The van der Waals surface area contributed by atoms with Crippen molar-refractivity contribution < 1.29 is 49.1 Å². The average molecular weight is 1300 g/mol. The van der Waals surface area contributed by atoms with E-state index in [0.29, 0.717) is 42.4 Å². The summed E-state index contributed by atoms with van der Waals surface area (Å²) in [6.07, 6.45) is 9.23. The van der Waals surface area contributed by atoms with Crippen LogP contribution in [-0.2, 0) is 23.9 Å². The van der Waals surface area contributed by atoms with Crippen LogP contribution in [0.4, 0.5) is 11.4 Å². The van der Waals surface area contributed by atoms with Gasteiger partial charge in [0.2, 0.25) is 29.6 Å². The lowest BCUT2D eigenvalue weighted by molar-refractivity contribution is -0.184. The van der Waals surface area contributed by atoms with Crippen LogP contribution in [0.5, 0.6) is 5.75 Å². The Morgan fingerprint density at radius 2 is 1.23 bits per heavy atom. The van der Waals surface area contributed by atoms with Crippen LogP contribution in [0, 0.1) is 28.6 Å². The Labute approximate surface area is 549 Å². The standard InChI is InChI=1S/C23H32O6.C22H30Cl2N10.C17H21NO.C7H6O3/c1-13(24)29-12-19(27)23(28)9-7-17-16-5-4-14-10-15(25)6-8-21(14,2)20(16)18(26)11-22(17,23)3;23-15-5-9-17(10-6-15)31-21(27)33-19(25)29-13-3-1-2-4-14-30-20(26)34-22(28)32-18-11-7-16(24)8-12-18;1-18(2)13-14-19-17(15-9-5-3-6-10-15)16-11-7-4-8-12-16;8-6-4-2-1-3-5(6)7(9)10/h10,16-18,20,26,28H,4-9,11-12H2,1-3H3;5-12H,1-4,13-14H2,(H5,25,27,29,31,33)(H5,26,28,30,32,34);3-12,17H,13-14H2,1-2H3;1-4,8H,(H,9,10)/t16-,17-,18-,20+,21-,22-,23-;;;/m0.../s1. The molecular weight excluding hydrogens is 1210 g/mol. The molecule has 3 fully saturated rings. The summed E-state index contributed by atoms with van der Waals surface area (Å²) in [7, 11) is 4.12. The molecule has 0 amide bonds. The summed E-state index contributed by atoms with van der Waals surface area (Å²) in [6, 6.07) is 40.7. The summed E-state index contributed by atoms with van der Waals surface area (Å²) >= 11 is 11.7. The third kappa shape index (κ3) is 20.9. The van der Waals surface area contributed by atoms with Crippen molar-refractivity contribution in [1.29, 1.82) is 0 Å². The van der Waals surface area contributed by atoms with Crippen molar-refractivity contribution in [1.82, 2.24) is 4.90 Å². The summed E-state index contributed by atoms with van der Waals surface area (Å²) < 4.78 is 11.0. The maximum Gasteiger partial charge on any atom is 0.339 e. The van der Waals surface area contributed by atoms with Crippen LogP contribution < -0.4 is 33.6 Å². The van der Waals surface area contributed by atoms with Crippen LogP contribution >= 0.6 is 23.2 Å². The number of aliphatic imine (C=N–C) groups is 4. The van der Waals surface area contributed by atoms with E-state index < -0.39 is 41.4 Å². The maximum atomic E-state index is 12.9. The average Bonchev–Trinajstić information content (AvgIpc) is 1.38. The van der Waals surface area contributed by atoms with Gasteiger partial charge in [-0.2, -0.15) is 9.98 Å². The van der Waals surface area contributed by atoms with E-state index in [1.54, 1.807) is 66.7 Å². The first-order valence-corrected chi connectivity index (χ1v) is 31.6. The van der Waals surface area contributed by atoms with Gasteiger partial charge in [-0.25, -0.2) is 4.79 Å². The number of carboxylic acid groups (broad SMARTS) is 1. The minimum atomic E-state index is -1.58. The van der Waals surface area contributed by atoms with Gasteiger partial charge in [-0.1, -0.05) is 128 Å². The number of anilines is 2. The maximum absolute atomic E-state index is 12.9. The van der Waals surface area contributed by atoms with E-state index in [0.717, 1.165) is 81.5 Å². The molecule has 494 valence electrons. The number of para-hydroxylation sites is 1. The van der Waals surface area contributed by atoms with Crippen LogP contribution in [0.1, 0.15) is 119 Å². The minimum absolute atomic E-state index is 0.0161. The van der Waals surface area contributed by atoms with Gasteiger partial charge < -0.3 is 68.4 Å². The third-order valence-electron chi connectivity index (χ3n) is 17.4. The van der Waals surface area contributed by atoms with Gasteiger partial charge in [0.15, 0.2) is 12.4 Å². The smallest absolute Gasteiger partial charge is 0.339 e. The fourth-order valence-corrected chi connectivity index (χ4v) is 13.0. The number of carboxylic acids is 1. The molecule has 5 aromatic carbocycles. The number of rotatable bonds is 19. The molecule has 7 atom stereocenters. The summed E-state index contributed by atoms with van der Waals surface area (Å²) in [5.41, 5.74) is 25.7. The lowest BCUT2D eigenvalue weighted by atomic mass is 9.45. The second-order valence-electron chi connectivity index (χ2n) is 24.0. The lowest BCUT2D eigenvalue weighted by Gasteiger charge is -2.60. The van der Waals surface area contributed by atoms with Crippen molar-refractivity contribution in [3.63, 3.8) is 0 Å². The van der Waals surface area contributed by atoms with Gasteiger partial charge in [-0.05, 0) is 166 Å². The molecule has 0 aliphatic heterocycles. The number of Topliss-reactive ketones (excluding diaryl/α,β-unsaturated/α-hetero) is 1. The topological polar surface area (TPSA) is 348 Å². The number of esters is 1. The number of allylic oxidation sites excluding steroid dienone is 1. The van der Waals surface area contributed by atoms with Crippen LogP contribution in [0.25, 0.3) is 0 Å². The number of carbonyl (C=O) groups is 4. The Bertz CT molecular complexity index is 3270. The Morgan fingerprint density at radius 1 is 0.717 bits per heavy atom. The summed E-state index contributed by atoms with van der Waals surface area (Å²) in [6.45, 7) is 7.70. The van der Waals surface area contributed by atoms with Gasteiger partial charge in [-0.15, -0.1) is 0 Å². The number of aliphatic hydroxyl groups is 2. The number of aromatic carboxylic acids is 1. The number of nitrogens with one attached hydrogen (secondary N) is 2. The van der Waals surface area contributed by atoms with Gasteiger partial charge in [-0.3, -0.25) is 24.4 Å². The van der Waals surface area contributed by atoms with Crippen molar-refractivity contribution in [2.24, 2.45) is 71.5 Å². The number of likely N-dealkylation sites (N-methyl/N-ethyl adjacent to an activating group) is 1. The molecule has 0 spiro atoms. The molecule has 0 saturated heterocycles. The van der Waals surface area contributed by atoms with Crippen molar-refractivity contribution in [3.8, 4) is 5.75 Å². The summed E-state index contributed by atoms with van der Waals surface area (Å²) in [4.78, 5) is 64.8. The van der Waals surface area contributed by atoms with E-state index in [9.17, 15) is 29.4 Å². The number of carbonyl (C=O) groups excluding carboxylic acids is 3. The largest absolute Gasteiger partial charge is 0.507 e. The second-order valence-corrected chi connectivity index (χ2v) is 24.9. The molecule has 0 heterocycles. The molecule has 23 heteroatoms. The number of hydrogen-bond acceptors (Lipinski definition) is 12. The van der Waals surface area contributed by atoms with Crippen LogP contribution in [-0.4, -0.2) is 131 Å². The van der Waals surface area contributed by atoms with E-state index in [4.69, 9.17) is 65.8 Å². The Morgan fingerprint density at radius 3 is 1.71 bits per heavy atom. The molecule has 5 aromatic rings. The van der Waals surface area contributed by atoms with Gasteiger partial charge >= 0.3 is 11.9 Å². The highest BCUT2D eigenvalue weighted by Crippen LogP contribution is 2.67. The fourth-order valence-electron chi connectivity index (χ4n) is 12.8. The zero-order valence-electron chi connectivity index (χ0n) is 53.0. The van der Waals surface area contributed by atoms with Crippen molar-refractivity contribution in [2.75, 3.05) is 57.6 Å². The highest BCUT2D eigenvalue weighted by molar-refractivity contribution is 6.31. The number of fused-ring (bicyclic) bond motifs is 5. The lowest BCUT2D eigenvalue weighted by Crippen LogP contribution is -2.62. The Kier molecular flexibility index (Phi) is 27.7. The zero-order valence-corrected chi connectivity index (χ0v) is 54.5. The third-order valence-corrected chi connectivity index (χ3v) is 17.9. The Balaban J connectivity index is 0.000000209. The van der Waals surface area contributed by atoms with Crippen molar-refractivity contribution in [3.05, 3.63) is 172 Å². The van der Waals surface area contributed by atoms with Gasteiger partial charge in [0.25, 0.3) is 0 Å². The van der Waals surface area contributed by atoms with Crippen LogP contribution in [0.15, 0.2) is 165 Å². The van der Waals surface area contributed by atoms with Gasteiger partial charge in [0, 0.05) is 59.8 Å². The first kappa shape index (κ1) is 72.9. The molecule has 92 heavy (non-hydrogen) atoms. The van der Waals surface area contributed by atoms with Gasteiger partial charge in [0.05, 0.1) is 12.7 Å². The number of aliphatic hydroxyl groups excluding tert-OH is 1. The monoisotopic (exact) mass is 1300 g/mol. The highest BCUT2D eigenvalue weighted by Gasteiger charge is 2.68. The predicted molar refractivity (Wildman–Crippen MR) is 364 cm³/mol. The second kappa shape index (κ2) is 35.0. The first-order chi connectivity index (χ1) is 43.8. The van der Waals surface area contributed by atoms with E-state index >= 15 is 0 Å². The molecule has 14 N–H and O–H groups in total. The summed E-state index contributed by atoms with van der Waals surface area (Å²) in [5.74, 6) is -1.21. The molecule has 4 aliphatic rings. The molecule has 0 radical (unpaired) electrons. The molecule has 21 nitrogen and oxygen atoms in total. The number of guanidine groups is 4. The molecule has 0 unspecified atom stereocenters. The number of ether oxygens (including phenoxy) is 2. The molecule has 9 rings (SSSR count). The number of halogens is 2. The molecular formula is C69H89Cl2N11O10. The minimum Gasteiger partial charge on any atom is -0.507 e. The molecule has 0 bridgehead atoms. The number of aromatic hydroxyl groups is 1. The number of benzene rings is 5. The number of nitrogens with zero attached hydrogens (tertiary/aromatic N) is 5. The number of nitrogens with two attached hydrogens (primary N) is 4.